The lowest BCUT2D eigenvalue weighted by molar-refractivity contribution is 0.319. The van der Waals surface area contributed by atoms with E-state index in [2.05, 4.69) is 20.4 Å². The fourth-order valence-electron chi connectivity index (χ4n) is 2.41. The highest BCUT2D eigenvalue weighted by Crippen LogP contribution is 2.26. The molecule has 25 heavy (non-hydrogen) atoms. The normalized spacial score (nSPS) is 11.4. The molecule has 0 spiro atoms. The van der Waals surface area contributed by atoms with E-state index < -0.39 is 0 Å². The predicted octanol–water partition coefficient (Wildman–Crippen LogP) is 3.42. The van der Waals surface area contributed by atoms with Crippen molar-refractivity contribution in [1.82, 2.24) is 14.5 Å². The molecule has 2 aromatic heterocycles. The molecular formula is C18H18N6O. The fourth-order valence-corrected chi connectivity index (χ4v) is 2.41. The molecule has 0 fully saturated rings. The van der Waals surface area contributed by atoms with Gasteiger partial charge in [-0.15, -0.1) is 0 Å². The lowest BCUT2D eigenvalue weighted by Gasteiger charge is -2.10. The third-order valence-corrected chi connectivity index (χ3v) is 3.74. The molecule has 0 atom stereocenters. The number of benzene rings is 1. The summed E-state index contributed by atoms with van der Waals surface area (Å²) in [5.74, 6) is 0.702. The maximum Gasteiger partial charge on any atom is 0.148 e. The molecule has 3 N–H and O–H groups in total. The standard InChI is InChI=1S/C18H18N6O/c1-12(23-25)15-4-3-5-16(21-15)13-6-7-14(9-19)17(8-13)22-18-10-24(2)11-20-18/h3-11,19,22,25H,1-2H3/b19-9?,23-12-. The van der Waals surface area contributed by atoms with Crippen LogP contribution in [0.15, 0.2) is 54.1 Å². The smallest absolute Gasteiger partial charge is 0.148 e. The van der Waals surface area contributed by atoms with Gasteiger partial charge < -0.3 is 20.5 Å². The summed E-state index contributed by atoms with van der Waals surface area (Å²) in [4.78, 5) is 8.78. The molecule has 7 nitrogen and oxygen atoms in total. The summed E-state index contributed by atoms with van der Waals surface area (Å²) in [6.45, 7) is 1.69. The van der Waals surface area contributed by atoms with Crippen LogP contribution < -0.4 is 5.32 Å². The number of hydrogen-bond acceptors (Lipinski definition) is 6. The second kappa shape index (κ2) is 6.96. The van der Waals surface area contributed by atoms with Crippen LogP contribution >= 0.6 is 0 Å². The van der Waals surface area contributed by atoms with Gasteiger partial charge in [0.15, 0.2) is 0 Å². The second-order valence-electron chi connectivity index (χ2n) is 5.59. The van der Waals surface area contributed by atoms with E-state index >= 15 is 0 Å². The van der Waals surface area contributed by atoms with Gasteiger partial charge in [0.25, 0.3) is 0 Å². The van der Waals surface area contributed by atoms with Crippen LogP contribution in [-0.4, -0.2) is 31.7 Å². The van der Waals surface area contributed by atoms with E-state index in [1.165, 1.54) is 6.21 Å². The Kier molecular flexibility index (Phi) is 4.56. The molecule has 0 aliphatic carbocycles. The number of rotatable bonds is 5. The first kappa shape index (κ1) is 16.4. The molecule has 2 heterocycles. The molecule has 0 bridgehead atoms. The summed E-state index contributed by atoms with van der Waals surface area (Å²) < 4.78 is 1.85. The van der Waals surface area contributed by atoms with E-state index in [-0.39, 0.29) is 0 Å². The Balaban J connectivity index is 2.00. The Morgan fingerprint density at radius 1 is 1.32 bits per heavy atom. The molecule has 3 rings (SSSR count). The second-order valence-corrected chi connectivity index (χ2v) is 5.59. The molecule has 0 saturated carbocycles. The van der Waals surface area contributed by atoms with Crippen molar-refractivity contribution in [3.05, 3.63) is 60.2 Å². The van der Waals surface area contributed by atoms with Gasteiger partial charge in [0.05, 0.1) is 17.7 Å². The number of aromatic nitrogens is 3. The van der Waals surface area contributed by atoms with E-state index in [0.717, 1.165) is 22.5 Å². The van der Waals surface area contributed by atoms with E-state index in [1.54, 1.807) is 19.3 Å². The molecule has 126 valence electrons. The number of nitrogens with zero attached hydrogens (tertiary/aromatic N) is 4. The van der Waals surface area contributed by atoms with Gasteiger partial charge in [0.1, 0.15) is 11.5 Å². The van der Waals surface area contributed by atoms with Crippen molar-refractivity contribution in [2.45, 2.75) is 6.92 Å². The number of anilines is 2. The first-order valence-electron chi connectivity index (χ1n) is 7.66. The van der Waals surface area contributed by atoms with Crippen LogP contribution in [0.4, 0.5) is 11.5 Å². The van der Waals surface area contributed by atoms with Crippen molar-refractivity contribution in [2.24, 2.45) is 12.2 Å². The van der Waals surface area contributed by atoms with Crippen molar-refractivity contribution in [2.75, 3.05) is 5.32 Å². The first-order valence-corrected chi connectivity index (χ1v) is 7.66. The highest BCUT2D eigenvalue weighted by Gasteiger charge is 2.08. The average molecular weight is 334 g/mol. The zero-order valence-electron chi connectivity index (χ0n) is 13.9. The van der Waals surface area contributed by atoms with E-state index in [4.69, 9.17) is 10.6 Å². The maximum absolute atomic E-state index is 8.93. The van der Waals surface area contributed by atoms with Gasteiger partial charge in [-0.2, -0.15) is 0 Å². The van der Waals surface area contributed by atoms with Gasteiger partial charge in [0.2, 0.25) is 0 Å². The van der Waals surface area contributed by atoms with Crippen LogP contribution in [0.3, 0.4) is 0 Å². The fraction of sp³-hybridized carbons (Fsp3) is 0.111. The Bertz CT molecular complexity index is 944. The Morgan fingerprint density at radius 2 is 2.16 bits per heavy atom. The van der Waals surface area contributed by atoms with E-state index in [0.29, 0.717) is 17.2 Å². The van der Waals surface area contributed by atoms with Gasteiger partial charge in [-0.3, -0.25) is 0 Å². The van der Waals surface area contributed by atoms with Crippen molar-refractivity contribution < 1.29 is 5.21 Å². The molecular weight excluding hydrogens is 316 g/mol. The molecule has 0 radical (unpaired) electrons. The largest absolute Gasteiger partial charge is 0.411 e. The van der Waals surface area contributed by atoms with Crippen LogP contribution in [0.5, 0.6) is 0 Å². The monoisotopic (exact) mass is 334 g/mol. The zero-order chi connectivity index (χ0) is 17.8. The van der Waals surface area contributed by atoms with Crippen LogP contribution in [0.1, 0.15) is 18.2 Å². The van der Waals surface area contributed by atoms with E-state index in [9.17, 15) is 0 Å². The molecule has 3 aromatic rings. The zero-order valence-corrected chi connectivity index (χ0v) is 13.9. The predicted molar refractivity (Wildman–Crippen MR) is 98.0 cm³/mol. The molecule has 0 amide bonds. The molecule has 0 aliphatic rings. The highest BCUT2D eigenvalue weighted by atomic mass is 16.4. The molecule has 0 aliphatic heterocycles. The highest BCUT2D eigenvalue weighted by molar-refractivity contribution is 5.97. The molecule has 0 saturated heterocycles. The lowest BCUT2D eigenvalue weighted by atomic mass is 10.1. The van der Waals surface area contributed by atoms with Gasteiger partial charge >= 0.3 is 0 Å². The van der Waals surface area contributed by atoms with Gasteiger partial charge in [-0.25, -0.2) is 9.97 Å². The summed E-state index contributed by atoms with van der Waals surface area (Å²) in [6, 6.07) is 11.2. The van der Waals surface area contributed by atoms with Crippen molar-refractivity contribution in [1.29, 1.82) is 5.41 Å². The minimum Gasteiger partial charge on any atom is -0.411 e. The Labute approximate surface area is 145 Å². The number of aryl methyl sites for hydroxylation is 1. The molecule has 0 unspecified atom stereocenters. The summed E-state index contributed by atoms with van der Waals surface area (Å²) in [7, 11) is 1.90. The maximum atomic E-state index is 8.93. The minimum atomic E-state index is 0.449. The van der Waals surface area contributed by atoms with Crippen molar-refractivity contribution >= 4 is 23.4 Å². The minimum absolute atomic E-state index is 0.449. The summed E-state index contributed by atoms with van der Waals surface area (Å²) in [5, 5.41) is 23.0. The Morgan fingerprint density at radius 3 is 2.84 bits per heavy atom. The lowest BCUT2D eigenvalue weighted by Crippen LogP contribution is -2.00. The van der Waals surface area contributed by atoms with Crippen molar-refractivity contribution in [3.8, 4) is 11.3 Å². The van der Waals surface area contributed by atoms with Crippen LogP contribution in [0.2, 0.25) is 0 Å². The van der Waals surface area contributed by atoms with Gasteiger partial charge in [-0.05, 0) is 25.1 Å². The SMILES string of the molecule is C/C(=N/O)c1cccc(-c2ccc(C=N)c(Nc3cn(C)cn3)c2)n1. The molecule has 1 aromatic carbocycles. The van der Waals surface area contributed by atoms with Crippen LogP contribution in [0, 0.1) is 5.41 Å². The van der Waals surface area contributed by atoms with Gasteiger partial charge in [0, 0.05) is 36.3 Å². The third kappa shape index (κ3) is 3.55. The van der Waals surface area contributed by atoms with Gasteiger partial charge in [-0.1, -0.05) is 23.4 Å². The van der Waals surface area contributed by atoms with E-state index in [1.807, 2.05) is 48.1 Å². The average Bonchev–Trinajstić information content (AvgIpc) is 3.06. The number of hydrogen-bond donors (Lipinski definition) is 3. The summed E-state index contributed by atoms with van der Waals surface area (Å²) >= 11 is 0. The number of pyridine rings is 1. The number of nitrogens with one attached hydrogen (secondary N) is 2. The third-order valence-electron chi connectivity index (χ3n) is 3.74. The summed E-state index contributed by atoms with van der Waals surface area (Å²) in [6.07, 6.45) is 4.86. The quantitative estimate of drug-likeness (QED) is 0.378. The summed E-state index contributed by atoms with van der Waals surface area (Å²) in [5.41, 5.74) is 4.21. The number of oxime groups is 1. The first-order chi connectivity index (χ1) is 12.1. The number of imidazole rings is 1. The topological polar surface area (TPSA) is 99.2 Å². The molecule has 7 heteroatoms. The van der Waals surface area contributed by atoms with Crippen molar-refractivity contribution in [3.63, 3.8) is 0 Å². The van der Waals surface area contributed by atoms with Crippen LogP contribution in [-0.2, 0) is 7.05 Å². The Hall–Kier alpha value is -3.48. The van der Waals surface area contributed by atoms with Crippen LogP contribution in [0.25, 0.3) is 11.3 Å².